The predicted octanol–water partition coefficient (Wildman–Crippen LogP) is 0.412. The van der Waals surface area contributed by atoms with E-state index < -0.39 is 0 Å². The molecule has 0 aliphatic rings. The number of allylic oxidation sites excluding steroid dienone is 1. The summed E-state index contributed by atoms with van der Waals surface area (Å²) in [5.41, 5.74) is 5.71. The molecule has 52 valence electrons. The van der Waals surface area contributed by atoms with E-state index in [-0.39, 0.29) is 5.88 Å². The second kappa shape index (κ2) is 3.95. The predicted molar refractivity (Wildman–Crippen MR) is 34.6 cm³/mol. The van der Waals surface area contributed by atoms with Crippen molar-refractivity contribution >= 4 is 6.29 Å². The molecule has 3 nitrogen and oxygen atoms in total. The van der Waals surface area contributed by atoms with Crippen LogP contribution in [0.3, 0.4) is 0 Å². The SMILES string of the molecule is CCOC(N)=C(C)C=O. The molecular weight excluding hydrogens is 118 g/mol. The van der Waals surface area contributed by atoms with E-state index in [0.717, 1.165) is 0 Å². The van der Waals surface area contributed by atoms with E-state index in [4.69, 9.17) is 10.5 Å². The molecule has 0 aliphatic heterocycles. The zero-order valence-corrected chi connectivity index (χ0v) is 5.68. The van der Waals surface area contributed by atoms with Crippen LogP contribution >= 0.6 is 0 Å². The summed E-state index contributed by atoms with van der Waals surface area (Å²) in [6.45, 7) is 3.92. The highest BCUT2D eigenvalue weighted by Crippen LogP contribution is 1.94. The first-order valence-electron chi connectivity index (χ1n) is 2.76. The van der Waals surface area contributed by atoms with E-state index in [1.165, 1.54) is 0 Å². The number of aldehydes is 1. The van der Waals surface area contributed by atoms with Crippen LogP contribution < -0.4 is 5.73 Å². The second-order valence-electron chi connectivity index (χ2n) is 1.60. The van der Waals surface area contributed by atoms with Crippen molar-refractivity contribution in [1.82, 2.24) is 0 Å². The fraction of sp³-hybridized carbons (Fsp3) is 0.500. The molecule has 0 aliphatic carbocycles. The van der Waals surface area contributed by atoms with Crippen LogP contribution in [0.15, 0.2) is 11.5 Å². The molecule has 0 unspecified atom stereocenters. The minimum atomic E-state index is 0.215. The summed E-state index contributed by atoms with van der Waals surface area (Å²) in [5, 5.41) is 0. The maximum Gasteiger partial charge on any atom is 0.190 e. The van der Waals surface area contributed by atoms with Gasteiger partial charge < -0.3 is 10.5 Å². The van der Waals surface area contributed by atoms with E-state index >= 15 is 0 Å². The van der Waals surface area contributed by atoms with Crippen molar-refractivity contribution in [2.24, 2.45) is 5.73 Å². The van der Waals surface area contributed by atoms with Gasteiger partial charge in [-0.05, 0) is 13.8 Å². The maximum absolute atomic E-state index is 10.0. The van der Waals surface area contributed by atoms with Gasteiger partial charge in [0.2, 0.25) is 0 Å². The summed E-state index contributed by atoms with van der Waals surface area (Å²) < 4.78 is 4.82. The molecule has 0 radical (unpaired) electrons. The number of carbonyl (C=O) groups is 1. The van der Waals surface area contributed by atoms with E-state index in [9.17, 15) is 4.79 Å². The number of hydrogen-bond acceptors (Lipinski definition) is 3. The smallest absolute Gasteiger partial charge is 0.190 e. The summed E-state index contributed by atoms with van der Waals surface area (Å²) >= 11 is 0. The Kier molecular flexibility index (Phi) is 3.51. The molecule has 3 heteroatoms. The molecule has 0 fully saturated rings. The van der Waals surface area contributed by atoms with Crippen molar-refractivity contribution in [3.63, 3.8) is 0 Å². The van der Waals surface area contributed by atoms with Crippen LogP contribution in [-0.2, 0) is 9.53 Å². The minimum Gasteiger partial charge on any atom is -0.479 e. The van der Waals surface area contributed by atoms with Gasteiger partial charge in [-0.1, -0.05) is 0 Å². The number of rotatable bonds is 3. The molecule has 0 spiro atoms. The molecule has 0 saturated heterocycles. The lowest BCUT2D eigenvalue weighted by Gasteiger charge is -2.01. The van der Waals surface area contributed by atoms with Gasteiger partial charge in [0.05, 0.1) is 6.61 Å². The van der Waals surface area contributed by atoms with Gasteiger partial charge in [0, 0.05) is 5.57 Å². The fourth-order valence-corrected chi connectivity index (χ4v) is 0.327. The fourth-order valence-electron chi connectivity index (χ4n) is 0.327. The Balaban J connectivity index is 3.93. The first-order chi connectivity index (χ1) is 4.22. The Morgan fingerprint density at radius 3 is 2.67 bits per heavy atom. The summed E-state index contributed by atoms with van der Waals surface area (Å²) in [6.07, 6.45) is 0.672. The van der Waals surface area contributed by atoms with Crippen LogP contribution in [0.1, 0.15) is 13.8 Å². The summed E-state index contributed by atoms with van der Waals surface area (Å²) in [4.78, 5) is 10.0. The van der Waals surface area contributed by atoms with E-state index in [1.807, 2.05) is 6.92 Å². The van der Waals surface area contributed by atoms with E-state index in [2.05, 4.69) is 0 Å². The molecule has 0 rings (SSSR count). The number of carbonyl (C=O) groups excluding carboxylic acids is 1. The average Bonchev–Trinajstić information content (AvgIpc) is 1.87. The molecule has 0 atom stereocenters. The molecule has 0 amide bonds. The normalized spacial score (nSPS) is 12.2. The van der Waals surface area contributed by atoms with Crippen molar-refractivity contribution in [3.05, 3.63) is 11.5 Å². The largest absolute Gasteiger partial charge is 0.479 e. The number of nitrogens with two attached hydrogens (primary N) is 1. The van der Waals surface area contributed by atoms with E-state index in [0.29, 0.717) is 18.5 Å². The highest BCUT2D eigenvalue weighted by Gasteiger charge is 1.93. The van der Waals surface area contributed by atoms with Crippen molar-refractivity contribution < 1.29 is 9.53 Å². The Labute approximate surface area is 54.5 Å². The third-order valence-corrected chi connectivity index (χ3v) is 0.865. The van der Waals surface area contributed by atoms with Crippen LogP contribution in [0.2, 0.25) is 0 Å². The third kappa shape index (κ3) is 2.74. The Hall–Kier alpha value is -0.990. The maximum atomic E-state index is 10.0. The third-order valence-electron chi connectivity index (χ3n) is 0.865. The summed E-state index contributed by atoms with van der Waals surface area (Å²) in [6, 6.07) is 0. The second-order valence-corrected chi connectivity index (χ2v) is 1.60. The van der Waals surface area contributed by atoms with Crippen molar-refractivity contribution in [1.29, 1.82) is 0 Å². The molecule has 2 N–H and O–H groups in total. The highest BCUT2D eigenvalue weighted by molar-refractivity contribution is 5.72. The highest BCUT2D eigenvalue weighted by atomic mass is 16.5. The van der Waals surface area contributed by atoms with Gasteiger partial charge in [-0.2, -0.15) is 0 Å². The minimum absolute atomic E-state index is 0.215. The van der Waals surface area contributed by atoms with Crippen LogP contribution in [0.5, 0.6) is 0 Å². The Bertz CT molecular complexity index is 129. The standard InChI is InChI=1S/C6H11NO2/c1-3-9-6(7)5(2)4-8/h4H,3,7H2,1-2H3. The lowest BCUT2D eigenvalue weighted by Crippen LogP contribution is -2.05. The molecule has 0 aromatic rings. The van der Waals surface area contributed by atoms with E-state index in [1.54, 1.807) is 6.92 Å². The molecule has 0 aromatic heterocycles. The molecule has 0 bridgehead atoms. The molecule has 0 aromatic carbocycles. The van der Waals surface area contributed by atoms with Gasteiger partial charge in [0.1, 0.15) is 0 Å². The van der Waals surface area contributed by atoms with Crippen LogP contribution in [0.25, 0.3) is 0 Å². The van der Waals surface area contributed by atoms with Crippen molar-refractivity contribution in [3.8, 4) is 0 Å². The number of ether oxygens (including phenoxy) is 1. The van der Waals surface area contributed by atoms with Crippen molar-refractivity contribution in [2.45, 2.75) is 13.8 Å². The quantitative estimate of drug-likeness (QED) is 0.341. The summed E-state index contributed by atoms with van der Waals surface area (Å²) in [5.74, 6) is 0.215. The van der Waals surface area contributed by atoms with Gasteiger partial charge in [0.25, 0.3) is 0 Å². The van der Waals surface area contributed by atoms with Gasteiger partial charge in [-0.25, -0.2) is 0 Å². The monoisotopic (exact) mass is 129 g/mol. The van der Waals surface area contributed by atoms with Crippen LogP contribution in [-0.4, -0.2) is 12.9 Å². The van der Waals surface area contributed by atoms with Gasteiger partial charge in [-0.3, -0.25) is 4.79 Å². The number of hydrogen-bond donors (Lipinski definition) is 1. The zero-order chi connectivity index (χ0) is 7.28. The summed E-state index contributed by atoms with van der Waals surface area (Å²) in [7, 11) is 0. The van der Waals surface area contributed by atoms with Gasteiger partial charge in [-0.15, -0.1) is 0 Å². The lowest BCUT2D eigenvalue weighted by molar-refractivity contribution is -0.105. The zero-order valence-electron chi connectivity index (χ0n) is 5.68. The Morgan fingerprint density at radius 2 is 2.33 bits per heavy atom. The Morgan fingerprint density at radius 1 is 1.78 bits per heavy atom. The van der Waals surface area contributed by atoms with Crippen LogP contribution in [0, 0.1) is 0 Å². The van der Waals surface area contributed by atoms with Crippen molar-refractivity contribution in [2.75, 3.05) is 6.61 Å². The van der Waals surface area contributed by atoms with Crippen LogP contribution in [0.4, 0.5) is 0 Å². The molecule has 0 saturated carbocycles. The molecule has 9 heavy (non-hydrogen) atoms. The molecular formula is C6H11NO2. The topological polar surface area (TPSA) is 52.3 Å². The molecule has 0 heterocycles. The average molecular weight is 129 g/mol. The lowest BCUT2D eigenvalue weighted by atomic mass is 10.3. The van der Waals surface area contributed by atoms with Gasteiger partial charge >= 0.3 is 0 Å². The first kappa shape index (κ1) is 8.01. The first-order valence-corrected chi connectivity index (χ1v) is 2.76. The van der Waals surface area contributed by atoms with Gasteiger partial charge in [0.15, 0.2) is 12.2 Å².